The van der Waals surface area contributed by atoms with Crippen LogP contribution in [0.4, 0.5) is 0 Å². The van der Waals surface area contributed by atoms with Gasteiger partial charge in [-0.3, -0.25) is 4.79 Å². The average Bonchev–Trinajstić information content (AvgIpc) is 3.09. The van der Waals surface area contributed by atoms with Crippen molar-refractivity contribution in [3.05, 3.63) is 41.2 Å². The van der Waals surface area contributed by atoms with Gasteiger partial charge in [0.2, 0.25) is 4.96 Å². The monoisotopic (exact) mass is 319 g/mol. The smallest absolute Gasteiger partial charge is 0.212 e. The Hall–Kier alpha value is -1.86. The normalized spacial score (nSPS) is 11.0. The number of aryl methyl sites for hydroxylation is 1. The lowest BCUT2D eigenvalue weighted by atomic mass is 10.3. The third-order valence-corrected chi connectivity index (χ3v) is 5.24. The van der Waals surface area contributed by atoms with E-state index in [0.29, 0.717) is 5.75 Å². The third-order valence-electron chi connectivity index (χ3n) is 3.04. The first-order valence-corrected chi connectivity index (χ1v) is 8.08. The number of aromatic nitrogens is 3. The van der Waals surface area contributed by atoms with Crippen molar-refractivity contribution in [2.24, 2.45) is 0 Å². The number of thiazole rings is 1. The molecule has 2 heterocycles. The van der Waals surface area contributed by atoms with Crippen molar-refractivity contribution >= 4 is 33.8 Å². The quantitative estimate of drug-likeness (QED) is 0.534. The number of benzene rings is 1. The summed E-state index contributed by atoms with van der Waals surface area (Å²) in [5, 5.41) is 4.10. The second-order valence-electron chi connectivity index (χ2n) is 4.36. The van der Waals surface area contributed by atoms with Crippen molar-refractivity contribution in [3.63, 3.8) is 0 Å². The Labute approximate surface area is 130 Å². The van der Waals surface area contributed by atoms with E-state index in [2.05, 4.69) is 10.1 Å². The molecule has 0 saturated heterocycles. The fourth-order valence-electron chi connectivity index (χ4n) is 1.94. The topological polar surface area (TPSA) is 56.5 Å². The molecule has 0 N–H and O–H groups in total. The van der Waals surface area contributed by atoms with E-state index in [9.17, 15) is 4.79 Å². The SMILES string of the molecule is COc1ccc(SCC(=O)c2sc3ncnn3c2C)cc1. The lowest BCUT2D eigenvalue weighted by molar-refractivity contribution is 0.102. The molecule has 0 atom stereocenters. The van der Waals surface area contributed by atoms with Crippen molar-refractivity contribution in [2.45, 2.75) is 11.8 Å². The molecule has 0 unspecified atom stereocenters. The van der Waals surface area contributed by atoms with Gasteiger partial charge >= 0.3 is 0 Å². The van der Waals surface area contributed by atoms with E-state index >= 15 is 0 Å². The lowest BCUT2D eigenvalue weighted by Gasteiger charge is -2.03. The van der Waals surface area contributed by atoms with E-state index < -0.39 is 0 Å². The van der Waals surface area contributed by atoms with Crippen LogP contribution in [0, 0.1) is 6.92 Å². The van der Waals surface area contributed by atoms with Gasteiger partial charge < -0.3 is 4.74 Å². The Kier molecular flexibility index (Phi) is 3.94. The van der Waals surface area contributed by atoms with Crippen molar-refractivity contribution in [1.82, 2.24) is 14.6 Å². The molecule has 0 aliphatic carbocycles. The van der Waals surface area contributed by atoms with Gasteiger partial charge in [-0.2, -0.15) is 5.10 Å². The summed E-state index contributed by atoms with van der Waals surface area (Å²) in [6.45, 7) is 1.89. The highest BCUT2D eigenvalue weighted by atomic mass is 32.2. The first-order valence-electron chi connectivity index (χ1n) is 6.28. The molecule has 0 bridgehead atoms. The van der Waals surface area contributed by atoms with Gasteiger partial charge in [0, 0.05) is 4.90 Å². The highest BCUT2D eigenvalue weighted by molar-refractivity contribution is 8.00. The van der Waals surface area contributed by atoms with Crippen LogP contribution < -0.4 is 4.74 Å². The summed E-state index contributed by atoms with van der Waals surface area (Å²) < 4.78 is 6.82. The molecule has 2 aromatic heterocycles. The standard InChI is InChI=1S/C14H13N3O2S2/c1-9-13(21-14-15-8-16-17(9)14)12(18)7-20-11-5-3-10(19-2)4-6-11/h3-6,8H,7H2,1-2H3. The van der Waals surface area contributed by atoms with Gasteiger partial charge in [-0.25, -0.2) is 9.50 Å². The number of nitrogens with zero attached hydrogens (tertiary/aromatic N) is 3. The molecular formula is C14H13N3O2S2. The minimum absolute atomic E-state index is 0.102. The van der Waals surface area contributed by atoms with Crippen LogP contribution in [0.3, 0.4) is 0 Å². The molecule has 1 aromatic carbocycles. The minimum atomic E-state index is 0.102. The van der Waals surface area contributed by atoms with E-state index in [1.807, 2.05) is 31.2 Å². The highest BCUT2D eigenvalue weighted by Crippen LogP contribution is 2.26. The Morgan fingerprint density at radius 1 is 1.38 bits per heavy atom. The second kappa shape index (κ2) is 5.87. The molecule has 108 valence electrons. The summed E-state index contributed by atoms with van der Waals surface area (Å²) in [7, 11) is 1.63. The number of methoxy groups -OCH3 is 1. The van der Waals surface area contributed by atoms with Gasteiger partial charge in [0.1, 0.15) is 12.1 Å². The van der Waals surface area contributed by atoms with E-state index in [1.165, 1.54) is 29.4 Å². The molecule has 0 saturated carbocycles. The van der Waals surface area contributed by atoms with Gasteiger partial charge in [-0.05, 0) is 31.2 Å². The number of ketones is 1. The summed E-state index contributed by atoms with van der Waals surface area (Å²) in [6.07, 6.45) is 1.50. The average molecular weight is 319 g/mol. The van der Waals surface area contributed by atoms with Crippen LogP contribution in [0.15, 0.2) is 35.5 Å². The number of Topliss-reactive ketones (excluding diaryl/α,β-unsaturated/α-hetero) is 1. The van der Waals surface area contributed by atoms with Crippen LogP contribution in [-0.2, 0) is 0 Å². The molecule has 0 aliphatic heterocycles. The van der Waals surface area contributed by atoms with Gasteiger partial charge in [0.05, 0.1) is 23.4 Å². The van der Waals surface area contributed by atoms with E-state index in [4.69, 9.17) is 4.74 Å². The maximum absolute atomic E-state index is 12.3. The molecule has 21 heavy (non-hydrogen) atoms. The van der Waals surface area contributed by atoms with Crippen molar-refractivity contribution in [2.75, 3.05) is 12.9 Å². The third kappa shape index (κ3) is 2.79. The largest absolute Gasteiger partial charge is 0.497 e. The zero-order valence-electron chi connectivity index (χ0n) is 11.6. The Morgan fingerprint density at radius 2 is 2.14 bits per heavy atom. The molecule has 0 aliphatic rings. The van der Waals surface area contributed by atoms with Crippen LogP contribution in [0.2, 0.25) is 0 Å². The maximum Gasteiger partial charge on any atom is 0.212 e. The van der Waals surface area contributed by atoms with Gasteiger partial charge in [-0.15, -0.1) is 11.8 Å². The molecular weight excluding hydrogens is 306 g/mol. The van der Waals surface area contributed by atoms with Gasteiger partial charge in [0.15, 0.2) is 5.78 Å². The molecule has 0 fully saturated rings. The predicted octanol–water partition coefficient (Wildman–Crippen LogP) is 3.08. The first kappa shape index (κ1) is 14.1. The van der Waals surface area contributed by atoms with E-state index in [0.717, 1.165) is 26.2 Å². The highest BCUT2D eigenvalue weighted by Gasteiger charge is 2.17. The number of thioether (sulfide) groups is 1. The Morgan fingerprint density at radius 3 is 2.81 bits per heavy atom. The molecule has 3 rings (SSSR count). The number of hydrogen-bond donors (Lipinski definition) is 0. The fourth-order valence-corrected chi connectivity index (χ4v) is 3.77. The molecule has 3 aromatic rings. The Bertz CT molecular complexity index is 777. The van der Waals surface area contributed by atoms with E-state index in [-0.39, 0.29) is 5.78 Å². The number of carbonyl (C=O) groups excluding carboxylic acids is 1. The number of hydrogen-bond acceptors (Lipinski definition) is 6. The summed E-state index contributed by atoms with van der Waals surface area (Å²) in [6, 6.07) is 7.68. The summed E-state index contributed by atoms with van der Waals surface area (Å²) in [5.74, 6) is 1.31. The van der Waals surface area contributed by atoms with Crippen LogP contribution >= 0.6 is 23.1 Å². The second-order valence-corrected chi connectivity index (χ2v) is 6.38. The molecule has 5 nitrogen and oxygen atoms in total. The van der Waals surface area contributed by atoms with Crippen LogP contribution in [0.25, 0.3) is 4.96 Å². The predicted molar refractivity (Wildman–Crippen MR) is 83.6 cm³/mol. The molecule has 0 spiro atoms. The molecule has 0 radical (unpaired) electrons. The van der Waals surface area contributed by atoms with Crippen LogP contribution in [0.1, 0.15) is 15.4 Å². The number of fused-ring (bicyclic) bond motifs is 1. The summed E-state index contributed by atoms with van der Waals surface area (Å²) >= 11 is 2.90. The summed E-state index contributed by atoms with van der Waals surface area (Å²) in [4.78, 5) is 19.0. The van der Waals surface area contributed by atoms with Crippen LogP contribution in [-0.4, -0.2) is 33.2 Å². The Balaban J connectivity index is 1.70. The zero-order chi connectivity index (χ0) is 14.8. The van der Waals surface area contributed by atoms with Gasteiger partial charge in [0.25, 0.3) is 0 Å². The van der Waals surface area contributed by atoms with E-state index in [1.54, 1.807) is 11.6 Å². The van der Waals surface area contributed by atoms with Crippen LogP contribution in [0.5, 0.6) is 5.75 Å². The number of carbonyl (C=O) groups is 1. The first-order chi connectivity index (χ1) is 10.2. The zero-order valence-corrected chi connectivity index (χ0v) is 13.2. The lowest BCUT2D eigenvalue weighted by Crippen LogP contribution is -2.03. The van der Waals surface area contributed by atoms with Crippen molar-refractivity contribution < 1.29 is 9.53 Å². The molecule has 7 heteroatoms. The number of ether oxygens (including phenoxy) is 1. The van der Waals surface area contributed by atoms with Crippen molar-refractivity contribution in [3.8, 4) is 5.75 Å². The minimum Gasteiger partial charge on any atom is -0.497 e. The van der Waals surface area contributed by atoms with Crippen molar-refractivity contribution in [1.29, 1.82) is 0 Å². The maximum atomic E-state index is 12.3. The molecule has 0 amide bonds. The van der Waals surface area contributed by atoms with Gasteiger partial charge in [-0.1, -0.05) is 11.3 Å². The summed E-state index contributed by atoms with van der Waals surface area (Å²) in [5.41, 5.74) is 0.854. The number of rotatable bonds is 5. The fraction of sp³-hybridized carbons (Fsp3) is 0.214.